The zero-order valence-corrected chi connectivity index (χ0v) is 13.1. The first-order valence-electron chi connectivity index (χ1n) is 5.31. The monoisotopic (exact) mass is 376 g/mol. The number of rotatable bonds is 5. The van der Waals surface area contributed by atoms with Crippen LogP contribution in [-0.2, 0) is 16.6 Å². The Balaban J connectivity index is 2.17. The zero-order valence-electron chi connectivity index (χ0n) is 9.91. The summed E-state index contributed by atoms with van der Waals surface area (Å²) < 4.78 is 27.0. The number of nitrogens with zero attached hydrogens (tertiary/aromatic N) is 1. The summed E-state index contributed by atoms with van der Waals surface area (Å²) in [5, 5.41) is 8.88. The van der Waals surface area contributed by atoms with Crippen LogP contribution >= 0.6 is 27.3 Å². The van der Waals surface area contributed by atoms with E-state index in [2.05, 4.69) is 25.6 Å². The van der Waals surface area contributed by atoms with Crippen molar-refractivity contribution >= 4 is 43.3 Å². The molecule has 0 radical (unpaired) electrons. The topological polar surface area (TPSA) is 96.4 Å². The molecule has 2 N–H and O–H groups in total. The summed E-state index contributed by atoms with van der Waals surface area (Å²) >= 11 is 4.05. The van der Waals surface area contributed by atoms with Crippen molar-refractivity contribution in [2.24, 2.45) is 0 Å². The number of carboxylic acids is 1. The Hall–Kier alpha value is -1.29. The van der Waals surface area contributed by atoms with Gasteiger partial charge in [-0.1, -0.05) is 28.1 Å². The summed E-state index contributed by atoms with van der Waals surface area (Å²) in [7, 11) is -3.89. The molecule has 0 aliphatic rings. The number of aromatic nitrogens is 1. The second-order valence-corrected chi connectivity index (χ2v) is 7.48. The summed E-state index contributed by atoms with van der Waals surface area (Å²) in [6.07, 6.45) is 0. The molecular formula is C11H9BrN2O4S2. The van der Waals surface area contributed by atoms with E-state index in [9.17, 15) is 13.2 Å². The minimum absolute atomic E-state index is 0.0760. The molecule has 0 amide bonds. The molecule has 0 unspecified atom stereocenters. The van der Waals surface area contributed by atoms with Crippen molar-refractivity contribution in [1.82, 2.24) is 9.71 Å². The van der Waals surface area contributed by atoms with Crippen molar-refractivity contribution in [1.29, 1.82) is 0 Å². The van der Waals surface area contributed by atoms with Crippen LogP contribution in [0.5, 0.6) is 0 Å². The van der Waals surface area contributed by atoms with E-state index in [1.54, 1.807) is 24.3 Å². The van der Waals surface area contributed by atoms with E-state index in [1.165, 1.54) is 5.51 Å². The second-order valence-electron chi connectivity index (χ2n) is 3.74. The van der Waals surface area contributed by atoms with Crippen molar-refractivity contribution in [2.75, 3.05) is 0 Å². The van der Waals surface area contributed by atoms with Gasteiger partial charge in [-0.25, -0.2) is 22.9 Å². The lowest BCUT2D eigenvalue weighted by atomic mass is 10.2. The van der Waals surface area contributed by atoms with Gasteiger partial charge in [-0.15, -0.1) is 11.3 Å². The van der Waals surface area contributed by atoms with Gasteiger partial charge in [0.15, 0.2) is 9.90 Å². The van der Waals surface area contributed by atoms with Crippen molar-refractivity contribution < 1.29 is 18.3 Å². The van der Waals surface area contributed by atoms with Gasteiger partial charge in [0.2, 0.25) is 0 Å². The van der Waals surface area contributed by atoms with Crippen LogP contribution in [0.1, 0.15) is 16.1 Å². The van der Waals surface area contributed by atoms with Gasteiger partial charge < -0.3 is 5.11 Å². The third kappa shape index (κ3) is 3.42. The molecule has 106 valence electrons. The van der Waals surface area contributed by atoms with Crippen LogP contribution in [0.2, 0.25) is 0 Å². The lowest BCUT2D eigenvalue weighted by Crippen LogP contribution is -2.24. The van der Waals surface area contributed by atoms with Crippen LogP contribution in [0.3, 0.4) is 0 Å². The minimum atomic E-state index is -3.89. The molecule has 0 atom stereocenters. The summed E-state index contributed by atoms with van der Waals surface area (Å²) in [4.78, 5) is 14.4. The number of hydrogen-bond donors (Lipinski definition) is 2. The maximum absolute atomic E-state index is 12.0. The molecule has 0 saturated heterocycles. The van der Waals surface area contributed by atoms with E-state index in [1.807, 2.05) is 0 Å². The predicted octanol–water partition coefficient (Wildman–Crippen LogP) is 2.08. The van der Waals surface area contributed by atoms with Gasteiger partial charge in [0, 0.05) is 11.0 Å². The smallest absolute Gasteiger partial charge is 0.356 e. The minimum Gasteiger partial charge on any atom is -0.476 e. The second kappa shape index (κ2) is 6.00. The molecule has 0 aliphatic heterocycles. The van der Waals surface area contributed by atoms with Gasteiger partial charge in [0.05, 0.1) is 5.51 Å². The van der Waals surface area contributed by atoms with Gasteiger partial charge in [-0.2, -0.15) is 0 Å². The fraction of sp³-hybridized carbons (Fsp3) is 0.0909. The number of hydrogen-bond acceptors (Lipinski definition) is 5. The molecule has 9 heteroatoms. The molecule has 20 heavy (non-hydrogen) atoms. The number of sulfonamides is 1. The van der Waals surface area contributed by atoms with Gasteiger partial charge in [-0.05, 0) is 17.7 Å². The van der Waals surface area contributed by atoms with E-state index in [0.717, 1.165) is 21.4 Å². The molecule has 0 spiro atoms. The third-order valence-corrected chi connectivity index (χ3v) is 5.66. The molecule has 2 aromatic rings. The Kier molecular flexibility index (Phi) is 4.53. The standard InChI is InChI=1S/C11H9BrN2O4S2/c12-8-3-1-7(2-4-8)5-14-20(17,18)11-9(10(15)16)13-6-19-11/h1-4,6,14H,5H2,(H,15,16). The molecule has 0 bridgehead atoms. The zero-order chi connectivity index (χ0) is 14.8. The summed E-state index contributed by atoms with van der Waals surface area (Å²) in [6, 6.07) is 7.10. The summed E-state index contributed by atoms with van der Waals surface area (Å²) in [5.41, 5.74) is 1.49. The molecule has 1 aromatic heterocycles. The molecule has 0 fully saturated rings. The lowest BCUT2D eigenvalue weighted by molar-refractivity contribution is 0.0687. The van der Waals surface area contributed by atoms with Crippen LogP contribution in [0, 0.1) is 0 Å². The first-order valence-corrected chi connectivity index (χ1v) is 8.46. The number of halogens is 1. The molecule has 0 saturated carbocycles. The average Bonchev–Trinajstić information content (AvgIpc) is 2.88. The fourth-order valence-corrected chi connectivity index (χ4v) is 3.88. The van der Waals surface area contributed by atoms with E-state index in [4.69, 9.17) is 5.11 Å². The first-order chi connectivity index (χ1) is 9.40. The Morgan fingerprint density at radius 1 is 1.35 bits per heavy atom. The quantitative estimate of drug-likeness (QED) is 0.832. The highest BCUT2D eigenvalue weighted by atomic mass is 79.9. The van der Waals surface area contributed by atoms with Crippen LogP contribution in [0.25, 0.3) is 0 Å². The maximum atomic E-state index is 12.0. The predicted molar refractivity (Wildman–Crippen MR) is 77.2 cm³/mol. The number of carbonyl (C=O) groups is 1. The van der Waals surface area contributed by atoms with E-state index >= 15 is 0 Å². The Morgan fingerprint density at radius 2 is 2.00 bits per heavy atom. The van der Waals surface area contributed by atoms with Gasteiger partial charge in [0.1, 0.15) is 0 Å². The lowest BCUT2D eigenvalue weighted by Gasteiger charge is -2.05. The summed E-state index contributed by atoms with van der Waals surface area (Å²) in [6.45, 7) is 0.0760. The van der Waals surface area contributed by atoms with Crippen molar-refractivity contribution in [3.63, 3.8) is 0 Å². The number of carboxylic acid groups (broad SMARTS) is 1. The molecule has 1 heterocycles. The Labute approximate surface area is 127 Å². The Morgan fingerprint density at radius 3 is 2.60 bits per heavy atom. The highest BCUT2D eigenvalue weighted by molar-refractivity contribution is 9.10. The van der Waals surface area contributed by atoms with Crippen molar-refractivity contribution in [2.45, 2.75) is 10.8 Å². The van der Waals surface area contributed by atoms with E-state index in [-0.39, 0.29) is 10.8 Å². The van der Waals surface area contributed by atoms with Crippen molar-refractivity contribution in [3.8, 4) is 0 Å². The number of nitrogens with one attached hydrogen (secondary N) is 1. The molecule has 0 aliphatic carbocycles. The SMILES string of the molecule is O=C(O)c1ncsc1S(=O)(=O)NCc1ccc(Br)cc1. The van der Waals surface area contributed by atoms with Crippen LogP contribution < -0.4 is 4.72 Å². The maximum Gasteiger partial charge on any atom is 0.356 e. The van der Waals surface area contributed by atoms with E-state index < -0.39 is 21.7 Å². The largest absolute Gasteiger partial charge is 0.476 e. The Bertz CT molecular complexity index is 725. The number of benzene rings is 1. The highest BCUT2D eigenvalue weighted by Crippen LogP contribution is 2.20. The van der Waals surface area contributed by atoms with Gasteiger partial charge in [-0.3, -0.25) is 0 Å². The van der Waals surface area contributed by atoms with Crippen LogP contribution in [0.15, 0.2) is 38.5 Å². The molecule has 6 nitrogen and oxygen atoms in total. The third-order valence-electron chi connectivity index (χ3n) is 2.36. The molecule has 1 aromatic carbocycles. The molecular weight excluding hydrogens is 368 g/mol. The van der Waals surface area contributed by atoms with Gasteiger partial charge >= 0.3 is 5.97 Å². The van der Waals surface area contributed by atoms with Gasteiger partial charge in [0.25, 0.3) is 10.0 Å². The number of thiazole rings is 1. The van der Waals surface area contributed by atoms with Crippen molar-refractivity contribution in [3.05, 3.63) is 45.5 Å². The van der Waals surface area contributed by atoms with Crippen LogP contribution in [-0.4, -0.2) is 24.5 Å². The van der Waals surface area contributed by atoms with E-state index in [0.29, 0.717) is 0 Å². The first kappa shape index (κ1) is 15.1. The summed E-state index contributed by atoms with van der Waals surface area (Å²) in [5.74, 6) is -1.37. The normalized spacial score (nSPS) is 11.4. The number of aromatic carboxylic acids is 1. The van der Waals surface area contributed by atoms with Crippen LogP contribution in [0.4, 0.5) is 0 Å². The molecule has 2 rings (SSSR count). The average molecular weight is 377 g/mol. The fourth-order valence-electron chi connectivity index (χ4n) is 1.41. The highest BCUT2D eigenvalue weighted by Gasteiger charge is 2.25.